The predicted octanol–water partition coefficient (Wildman–Crippen LogP) is 7.35. The largest absolute Gasteiger partial charge is 0.460 e. The summed E-state index contributed by atoms with van der Waals surface area (Å²) in [7, 11) is -3.92. The van der Waals surface area contributed by atoms with Gasteiger partial charge in [0.25, 0.3) is 0 Å². The summed E-state index contributed by atoms with van der Waals surface area (Å²) >= 11 is 11.9. The van der Waals surface area contributed by atoms with Gasteiger partial charge in [-0.2, -0.15) is 0 Å². The molecule has 0 saturated heterocycles. The van der Waals surface area contributed by atoms with Gasteiger partial charge in [-0.15, -0.1) is 0 Å². The molecule has 0 aliphatic rings. The fraction of sp³-hybridized carbons (Fsp3) is 0.115. The highest BCUT2D eigenvalue weighted by molar-refractivity contribution is 7.91. The summed E-state index contributed by atoms with van der Waals surface area (Å²) < 4.78 is 33.2. The lowest BCUT2D eigenvalue weighted by Gasteiger charge is -2.16. The monoisotopic (exact) mass is 498 g/mol. The van der Waals surface area contributed by atoms with E-state index in [0.29, 0.717) is 21.4 Å². The second-order valence-corrected chi connectivity index (χ2v) is 10.7. The molecule has 0 aliphatic carbocycles. The predicted molar refractivity (Wildman–Crippen MR) is 131 cm³/mol. The second kappa shape index (κ2) is 9.56. The first kappa shape index (κ1) is 23.3. The molecule has 0 N–H and O–H groups in total. The lowest BCUT2D eigenvalue weighted by Crippen LogP contribution is -2.17. The smallest absolute Gasteiger partial charge is 0.188 e. The van der Waals surface area contributed by atoms with Crippen LogP contribution in [0, 0.1) is 6.92 Å². The molecular formula is C26H20Cl2O4S. The number of carbonyl (C=O) groups excluding carboxylic acids is 1. The van der Waals surface area contributed by atoms with Crippen molar-refractivity contribution in [3.8, 4) is 11.3 Å². The lowest BCUT2D eigenvalue weighted by atomic mass is 10.1. The van der Waals surface area contributed by atoms with E-state index in [2.05, 4.69) is 0 Å². The fourth-order valence-electron chi connectivity index (χ4n) is 3.47. The molecule has 3 aromatic carbocycles. The van der Waals surface area contributed by atoms with Crippen LogP contribution in [0.3, 0.4) is 0 Å². The Hall–Kier alpha value is -2.86. The maximum Gasteiger partial charge on any atom is 0.188 e. The molecule has 0 saturated carbocycles. The first-order valence-corrected chi connectivity index (χ1v) is 12.5. The molecule has 1 heterocycles. The Morgan fingerprint density at radius 1 is 0.818 bits per heavy atom. The van der Waals surface area contributed by atoms with Crippen molar-refractivity contribution in [3.63, 3.8) is 0 Å². The van der Waals surface area contributed by atoms with Gasteiger partial charge in [-0.05, 0) is 79.7 Å². The van der Waals surface area contributed by atoms with E-state index < -0.39 is 15.1 Å². The number of benzene rings is 3. The topological polar surface area (TPSA) is 64.3 Å². The standard InChI is InChI=1S/C26H20Cl2O4S/c1-17-2-12-22(13-3-17)33(30,31)26(16-23(29)18-4-8-20(27)9-5-18)25-15-14-24(32-25)19-6-10-21(28)11-7-19/h2-15,26H,16H2,1H3/t26-/m1/s1. The molecule has 1 atom stereocenters. The number of aryl methyl sites for hydroxylation is 1. The van der Waals surface area contributed by atoms with Gasteiger partial charge in [-0.25, -0.2) is 8.42 Å². The molecule has 33 heavy (non-hydrogen) atoms. The Kier molecular flexibility index (Phi) is 6.75. The normalized spacial score (nSPS) is 12.5. The zero-order chi connectivity index (χ0) is 23.6. The number of hydrogen-bond acceptors (Lipinski definition) is 4. The number of Topliss-reactive ketones (excluding diaryl/α,β-unsaturated/α-hetero) is 1. The average molecular weight is 499 g/mol. The van der Waals surface area contributed by atoms with Crippen molar-refractivity contribution in [1.29, 1.82) is 0 Å². The van der Waals surface area contributed by atoms with Gasteiger partial charge in [-0.3, -0.25) is 4.79 Å². The van der Waals surface area contributed by atoms with Crippen LogP contribution in [0.2, 0.25) is 10.0 Å². The van der Waals surface area contributed by atoms with Crippen LogP contribution < -0.4 is 0 Å². The van der Waals surface area contributed by atoms with E-state index >= 15 is 0 Å². The van der Waals surface area contributed by atoms with E-state index in [1.54, 1.807) is 84.9 Å². The number of furan rings is 1. The number of sulfone groups is 1. The van der Waals surface area contributed by atoms with Gasteiger partial charge in [0, 0.05) is 27.6 Å². The van der Waals surface area contributed by atoms with Crippen molar-refractivity contribution in [2.45, 2.75) is 23.5 Å². The summed E-state index contributed by atoms with van der Waals surface area (Å²) in [6, 6.07) is 23.3. The fourth-order valence-corrected chi connectivity index (χ4v) is 5.37. The minimum atomic E-state index is -3.92. The third-order valence-electron chi connectivity index (χ3n) is 5.33. The number of ketones is 1. The molecule has 4 rings (SSSR count). The highest BCUT2D eigenvalue weighted by Gasteiger charge is 2.34. The maximum atomic E-state index is 13.6. The van der Waals surface area contributed by atoms with Crippen molar-refractivity contribution in [2.24, 2.45) is 0 Å². The molecule has 0 fully saturated rings. The van der Waals surface area contributed by atoms with Gasteiger partial charge in [-0.1, -0.05) is 40.9 Å². The summed E-state index contributed by atoms with van der Waals surface area (Å²) in [6.07, 6.45) is -0.272. The van der Waals surface area contributed by atoms with Crippen molar-refractivity contribution in [1.82, 2.24) is 0 Å². The summed E-state index contributed by atoms with van der Waals surface area (Å²) in [5.74, 6) is 0.365. The minimum absolute atomic E-state index is 0.131. The van der Waals surface area contributed by atoms with Gasteiger partial charge in [0.2, 0.25) is 0 Å². The Balaban J connectivity index is 1.74. The Bertz CT molecular complexity index is 1370. The summed E-state index contributed by atoms with van der Waals surface area (Å²) in [5.41, 5.74) is 2.07. The molecule has 1 aromatic heterocycles. The van der Waals surface area contributed by atoms with Crippen LogP contribution in [0.1, 0.15) is 33.4 Å². The maximum absolute atomic E-state index is 13.6. The van der Waals surface area contributed by atoms with Gasteiger partial charge in [0.1, 0.15) is 16.8 Å². The molecule has 0 aliphatic heterocycles. The minimum Gasteiger partial charge on any atom is -0.460 e. The zero-order valence-electron chi connectivity index (χ0n) is 17.7. The molecule has 0 radical (unpaired) electrons. The van der Waals surface area contributed by atoms with Crippen molar-refractivity contribution >= 4 is 38.8 Å². The average Bonchev–Trinajstić information content (AvgIpc) is 3.28. The van der Waals surface area contributed by atoms with Crippen LogP contribution in [0.25, 0.3) is 11.3 Å². The Morgan fingerprint density at radius 2 is 1.39 bits per heavy atom. The summed E-state index contributed by atoms with van der Waals surface area (Å²) in [6.45, 7) is 1.88. The van der Waals surface area contributed by atoms with E-state index in [0.717, 1.165) is 11.1 Å². The first-order valence-electron chi connectivity index (χ1n) is 10.2. The lowest BCUT2D eigenvalue weighted by molar-refractivity contribution is 0.0978. The second-order valence-electron chi connectivity index (χ2n) is 7.69. The number of rotatable bonds is 7. The van der Waals surface area contributed by atoms with Crippen LogP contribution >= 0.6 is 23.2 Å². The third kappa shape index (κ3) is 5.22. The van der Waals surface area contributed by atoms with Gasteiger partial charge < -0.3 is 4.42 Å². The van der Waals surface area contributed by atoms with Crippen LogP contribution in [0.5, 0.6) is 0 Å². The van der Waals surface area contributed by atoms with Crippen LogP contribution in [-0.4, -0.2) is 14.2 Å². The third-order valence-corrected chi connectivity index (χ3v) is 7.92. The molecule has 168 valence electrons. The van der Waals surface area contributed by atoms with Crippen LogP contribution in [0.15, 0.2) is 94.2 Å². The molecule has 7 heteroatoms. The summed E-state index contributed by atoms with van der Waals surface area (Å²) in [4.78, 5) is 13.2. The van der Waals surface area contributed by atoms with E-state index in [-0.39, 0.29) is 22.9 Å². The van der Waals surface area contributed by atoms with Gasteiger partial charge in [0.05, 0.1) is 4.90 Å². The molecule has 0 bridgehead atoms. The van der Waals surface area contributed by atoms with E-state index in [1.165, 1.54) is 0 Å². The van der Waals surface area contributed by atoms with Crippen LogP contribution in [-0.2, 0) is 9.84 Å². The van der Waals surface area contributed by atoms with Gasteiger partial charge in [0.15, 0.2) is 15.6 Å². The van der Waals surface area contributed by atoms with Crippen molar-refractivity contribution in [3.05, 3.63) is 112 Å². The van der Waals surface area contributed by atoms with E-state index in [1.807, 2.05) is 6.92 Å². The SMILES string of the molecule is Cc1ccc(S(=O)(=O)[C@H](CC(=O)c2ccc(Cl)cc2)c2ccc(-c3ccc(Cl)cc3)o2)cc1. The molecule has 0 amide bonds. The molecule has 4 aromatic rings. The van der Waals surface area contributed by atoms with Gasteiger partial charge >= 0.3 is 0 Å². The van der Waals surface area contributed by atoms with Crippen molar-refractivity contribution < 1.29 is 17.6 Å². The Labute approximate surface area is 202 Å². The first-order chi connectivity index (χ1) is 15.7. The van der Waals surface area contributed by atoms with E-state index in [9.17, 15) is 13.2 Å². The highest BCUT2D eigenvalue weighted by atomic mass is 35.5. The zero-order valence-corrected chi connectivity index (χ0v) is 20.0. The summed E-state index contributed by atoms with van der Waals surface area (Å²) in [5, 5.41) is -0.114. The van der Waals surface area contributed by atoms with Crippen LogP contribution in [0.4, 0.5) is 0 Å². The van der Waals surface area contributed by atoms with E-state index in [4.69, 9.17) is 27.6 Å². The van der Waals surface area contributed by atoms with Crippen molar-refractivity contribution in [2.75, 3.05) is 0 Å². The number of hydrogen-bond donors (Lipinski definition) is 0. The molecule has 0 unspecified atom stereocenters. The molecular weight excluding hydrogens is 479 g/mol. The Morgan fingerprint density at radius 3 is 2.00 bits per heavy atom. The number of carbonyl (C=O) groups is 1. The quantitative estimate of drug-likeness (QED) is 0.250. The number of halogens is 2. The molecule has 4 nitrogen and oxygen atoms in total. The highest BCUT2D eigenvalue weighted by Crippen LogP contribution is 2.36. The molecule has 0 spiro atoms.